The first kappa shape index (κ1) is 28.4. The van der Waals surface area contributed by atoms with Crippen LogP contribution in [0.5, 0.6) is 0 Å². The average Bonchev–Trinajstić information content (AvgIpc) is 3.14. The number of benzene rings is 7. The van der Waals surface area contributed by atoms with Gasteiger partial charge in [0.2, 0.25) is 0 Å². The van der Waals surface area contributed by atoms with Crippen molar-refractivity contribution >= 4 is 0 Å². The zero-order valence-corrected chi connectivity index (χ0v) is 25.3. The van der Waals surface area contributed by atoms with E-state index in [-0.39, 0.29) is 0 Å². The summed E-state index contributed by atoms with van der Waals surface area (Å²) in [5.74, 6) is 13.7. The summed E-state index contributed by atoms with van der Waals surface area (Å²) in [7, 11) is 0. The van der Waals surface area contributed by atoms with Crippen LogP contribution in [0.3, 0.4) is 0 Å². The van der Waals surface area contributed by atoms with Crippen molar-refractivity contribution in [3.05, 3.63) is 204 Å². The molecule has 0 atom stereocenters. The molecule has 0 N–H and O–H groups in total. The van der Waals surface area contributed by atoms with Crippen molar-refractivity contribution in [2.45, 2.75) is 0 Å². The fourth-order valence-electron chi connectivity index (χ4n) is 5.74. The van der Waals surface area contributed by atoms with Crippen LogP contribution in [-0.2, 0) is 0 Å². The SMILES string of the molecule is C(#Cc1ccccc1-c1ccccc1-c1ccccc1)c1ccc(C#Cc2ccccc2-c2ccccc2-c2ccccc2)cc1. The van der Waals surface area contributed by atoms with Gasteiger partial charge >= 0.3 is 0 Å². The first-order valence-corrected chi connectivity index (χ1v) is 15.5. The minimum Gasteiger partial charge on any atom is -0.0622 e. The van der Waals surface area contributed by atoms with Crippen molar-refractivity contribution in [3.63, 3.8) is 0 Å². The van der Waals surface area contributed by atoms with E-state index in [1.807, 2.05) is 48.5 Å². The molecule has 0 radical (unpaired) electrons. The van der Waals surface area contributed by atoms with Gasteiger partial charge in [-0.3, -0.25) is 0 Å². The molecule has 0 aliphatic carbocycles. The highest BCUT2D eigenvalue weighted by Crippen LogP contribution is 2.35. The molecule has 0 amide bonds. The van der Waals surface area contributed by atoms with E-state index >= 15 is 0 Å². The van der Waals surface area contributed by atoms with Gasteiger partial charge in [-0.1, -0.05) is 169 Å². The van der Waals surface area contributed by atoms with Crippen molar-refractivity contribution in [3.8, 4) is 68.2 Å². The van der Waals surface area contributed by atoms with Crippen LogP contribution in [0.2, 0.25) is 0 Å². The second kappa shape index (κ2) is 13.5. The summed E-state index contributed by atoms with van der Waals surface area (Å²) < 4.78 is 0. The van der Waals surface area contributed by atoms with Gasteiger partial charge in [0.15, 0.2) is 0 Å². The molecule has 0 bridgehead atoms. The molecule has 0 heterocycles. The fourth-order valence-corrected chi connectivity index (χ4v) is 5.74. The van der Waals surface area contributed by atoms with Gasteiger partial charge < -0.3 is 0 Å². The van der Waals surface area contributed by atoms with E-state index in [0.29, 0.717) is 0 Å². The summed E-state index contributed by atoms with van der Waals surface area (Å²) in [4.78, 5) is 0. The van der Waals surface area contributed by atoms with Gasteiger partial charge in [-0.05, 0) is 80.9 Å². The molecule has 0 saturated carbocycles. The van der Waals surface area contributed by atoms with Crippen molar-refractivity contribution in [2.75, 3.05) is 0 Å². The lowest BCUT2D eigenvalue weighted by molar-refractivity contribution is 1.55. The van der Waals surface area contributed by atoms with E-state index in [4.69, 9.17) is 0 Å². The third-order valence-corrected chi connectivity index (χ3v) is 8.03. The zero-order valence-electron chi connectivity index (χ0n) is 25.3. The topological polar surface area (TPSA) is 0 Å². The van der Waals surface area contributed by atoms with Crippen molar-refractivity contribution in [1.82, 2.24) is 0 Å². The maximum Gasteiger partial charge on any atom is 0.0327 e. The molecular formula is C46H30. The normalized spacial score (nSPS) is 10.3. The van der Waals surface area contributed by atoms with E-state index in [0.717, 1.165) is 33.4 Å². The largest absolute Gasteiger partial charge is 0.0622 e. The Morgan fingerprint density at radius 1 is 0.217 bits per heavy atom. The predicted molar refractivity (Wildman–Crippen MR) is 193 cm³/mol. The third kappa shape index (κ3) is 6.30. The number of hydrogen-bond donors (Lipinski definition) is 0. The Kier molecular flexibility index (Phi) is 8.36. The van der Waals surface area contributed by atoms with Crippen LogP contribution in [0.25, 0.3) is 44.5 Å². The zero-order chi connectivity index (χ0) is 31.0. The highest BCUT2D eigenvalue weighted by Gasteiger charge is 2.11. The first-order valence-electron chi connectivity index (χ1n) is 15.5. The first-order chi connectivity index (χ1) is 22.8. The Morgan fingerprint density at radius 2 is 0.522 bits per heavy atom. The van der Waals surface area contributed by atoms with Crippen LogP contribution < -0.4 is 0 Å². The molecule has 7 aromatic rings. The maximum atomic E-state index is 3.44. The summed E-state index contributed by atoms with van der Waals surface area (Å²) in [6.45, 7) is 0. The average molecular weight is 583 g/mol. The highest BCUT2D eigenvalue weighted by molar-refractivity contribution is 5.87. The van der Waals surface area contributed by atoms with E-state index in [1.54, 1.807) is 0 Å². The summed E-state index contributed by atoms with van der Waals surface area (Å²) >= 11 is 0. The molecule has 46 heavy (non-hydrogen) atoms. The molecule has 0 aliphatic rings. The van der Waals surface area contributed by atoms with Crippen LogP contribution in [0.15, 0.2) is 182 Å². The number of rotatable bonds is 4. The highest BCUT2D eigenvalue weighted by atomic mass is 14.1. The van der Waals surface area contributed by atoms with Gasteiger partial charge in [0, 0.05) is 22.3 Å². The summed E-state index contributed by atoms with van der Waals surface area (Å²) in [5, 5.41) is 0. The van der Waals surface area contributed by atoms with Crippen LogP contribution in [0.1, 0.15) is 22.3 Å². The summed E-state index contributed by atoms with van der Waals surface area (Å²) in [5.41, 5.74) is 13.3. The lowest BCUT2D eigenvalue weighted by Crippen LogP contribution is -1.89. The molecule has 0 fully saturated rings. The van der Waals surface area contributed by atoms with Gasteiger partial charge in [-0.15, -0.1) is 0 Å². The summed E-state index contributed by atoms with van der Waals surface area (Å²) in [6.07, 6.45) is 0. The molecule has 214 valence electrons. The molecule has 0 nitrogen and oxygen atoms in total. The number of hydrogen-bond acceptors (Lipinski definition) is 0. The molecule has 0 aromatic heterocycles. The van der Waals surface area contributed by atoms with E-state index in [1.165, 1.54) is 33.4 Å². The van der Waals surface area contributed by atoms with E-state index < -0.39 is 0 Å². The van der Waals surface area contributed by atoms with Gasteiger partial charge in [0.05, 0.1) is 0 Å². The van der Waals surface area contributed by atoms with E-state index in [2.05, 4.69) is 157 Å². The molecule has 0 saturated heterocycles. The summed E-state index contributed by atoms with van der Waals surface area (Å²) in [6, 6.07) is 63.0. The van der Waals surface area contributed by atoms with Crippen LogP contribution in [0.4, 0.5) is 0 Å². The Bertz CT molecular complexity index is 2070. The van der Waals surface area contributed by atoms with Gasteiger partial charge in [-0.25, -0.2) is 0 Å². The predicted octanol–water partition coefficient (Wildman–Crippen LogP) is 11.2. The molecule has 7 aromatic carbocycles. The lowest BCUT2D eigenvalue weighted by Gasteiger charge is -2.12. The quantitative estimate of drug-likeness (QED) is 0.181. The minimum atomic E-state index is 0.953. The van der Waals surface area contributed by atoms with Crippen molar-refractivity contribution in [1.29, 1.82) is 0 Å². The Morgan fingerprint density at radius 3 is 0.913 bits per heavy atom. The minimum absolute atomic E-state index is 0.953. The monoisotopic (exact) mass is 582 g/mol. The van der Waals surface area contributed by atoms with Gasteiger partial charge in [0.25, 0.3) is 0 Å². The Labute approximate surface area is 271 Å². The van der Waals surface area contributed by atoms with Crippen LogP contribution >= 0.6 is 0 Å². The molecule has 0 heteroatoms. The van der Waals surface area contributed by atoms with E-state index in [9.17, 15) is 0 Å². The smallest absolute Gasteiger partial charge is 0.0327 e. The van der Waals surface area contributed by atoms with Crippen molar-refractivity contribution in [2.24, 2.45) is 0 Å². The maximum absolute atomic E-state index is 3.44. The fraction of sp³-hybridized carbons (Fsp3) is 0. The van der Waals surface area contributed by atoms with Crippen LogP contribution in [-0.4, -0.2) is 0 Å². The van der Waals surface area contributed by atoms with Crippen LogP contribution in [0, 0.1) is 23.7 Å². The standard InChI is InChI=1S/C46H30/c1-3-15-37(16-4-1)41-23-11-13-25-45(41)43-21-9-7-19-39(43)33-31-35-27-29-36(30-28-35)32-34-40-20-8-10-22-44(40)46-26-14-12-24-42(46)38-17-5-2-6-18-38/h1-30H. The second-order valence-electron chi connectivity index (χ2n) is 11.0. The third-order valence-electron chi connectivity index (χ3n) is 8.03. The molecule has 0 unspecified atom stereocenters. The molecule has 7 rings (SSSR count). The lowest BCUT2D eigenvalue weighted by atomic mass is 9.92. The molecular weight excluding hydrogens is 553 g/mol. The Hall–Kier alpha value is -6.34. The van der Waals surface area contributed by atoms with Gasteiger partial charge in [0.1, 0.15) is 0 Å². The molecule has 0 aliphatic heterocycles. The Balaban J connectivity index is 1.16. The second-order valence-corrected chi connectivity index (χ2v) is 11.0. The van der Waals surface area contributed by atoms with Gasteiger partial charge in [-0.2, -0.15) is 0 Å². The van der Waals surface area contributed by atoms with Crippen molar-refractivity contribution < 1.29 is 0 Å². The molecule has 0 spiro atoms.